The molecule has 0 saturated carbocycles. The maximum absolute atomic E-state index is 12.1. The van der Waals surface area contributed by atoms with Gasteiger partial charge in [0, 0.05) is 22.5 Å². The fraction of sp³-hybridized carbons (Fsp3) is 0.222. The van der Waals surface area contributed by atoms with Gasteiger partial charge in [-0.05, 0) is 62.4 Å². The Morgan fingerprint density at radius 1 is 0.720 bits per heavy atom. The smallest absolute Gasteiger partial charge is 0.185 e. The molecule has 0 aromatic heterocycles. The van der Waals surface area contributed by atoms with Gasteiger partial charge in [0.05, 0.1) is 0 Å². The Kier molecular flexibility index (Phi) is 5.93. The van der Waals surface area contributed by atoms with Crippen molar-refractivity contribution in [2.24, 2.45) is 0 Å². The van der Waals surface area contributed by atoms with E-state index in [1.54, 1.807) is 48.5 Å². The van der Waals surface area contributed by atoms with Crippen molar-refractivity contribution in [3.63, 3.8) is 0 Å². The molecule has 0 fully saturated rings. The van der Waals surface area contributed by atoms with Gasteiger partial charge in [-0.2, -0.15) is 0 Å². The van der Waals surface area contributed by atoms with Crippen molar-refractivity contribution < 1.29 is 18.0 Å². The van der Waals surface area contributed by atoms with Crippen LogP contribution in [-0.2, 0) is 9.84 Å². The van der Waals surface area contributed by atoms with E-state index in [1.807, 2.05) is 0 Å². The Morgan fingerprint density at radius 3 is 1.32 bits per heavy atom. The number of rotatable bonds is 8. The number of benzene rings is 2. The summed E-state index contributed by atoms with van der Waals surface area (Å²) >= 11 is 0. The van der Waals surface area contributed by atoms with Crippen LogP contribution in [0.3, 0.4) is 0 Å². The summed E-state index contributed by atoms with van der Waals surface area (Å²) in [5, 5.41) is 5.65. The minimum atomic E-state index is -3.39. The molecule has 0 bridgehead atoms. The van der Waals surface area contributed by atoms with E-state index in [0.29, 0.717) is 22.5 Å². The molecule has 2 aromatic rings. The van der Waals surface area contributed by atoms with Gasteiger partial charge in [-0.3, -0.25) is 9.59 Å². The largest absolute Gasteiger partial charge is 0.372 e. The summed E-state index contributed by atoms with van der Waals surface area (Å²) in [6.07, 6.45) is 0. The normalized spacial score (nSPS) is 11.0. The highest BCUT2D eigenvalue weighted by molar-refractivity contribution is 7.91. The van der Waals surface area contributed by atoms with E-state index in [1.165, 1.54) is 13.8 Å². The SMILES string of the molecule is CC(=O)c1ccc(NCS(=O)(=O)CNc2ccc(C(C)=O)cc2)cc1. The Bertz CT molecular complexity index is 789. The number of sulfone groups is 1. The lowest BCUT2D eigenvalue weighted by molar-refractivity contribution is 0.100. The monoisotopic (exact) mass is 360 g/mol. The molecule has 2 N–H and O–H groups in total. The summed E-state index contributed by atoms with van der Waals surface area (Å²) in [5.74, 6) is -0.547. The van der Waals surface area contributed by atoms with E-state index in [2.05, 4.69) is 10.6 Å². The van der Waals surface area contributed by atoms with E-state index in [-0.39, 0.29) is 23.3 Å². The zero-order valence-corrected chi connectivity index (χ0v) is 14.9. The van der Waals surface area contributed by atoms with Gasteiger partial charge in [0.1, 0.15) is 11.8 Å². The van der Waals surface area contributed by atoms with Crippen LogP contribution in [0.2, 0.25) is 0 Å². The molecular formula is C18H20N2O4S. The van der Waals surface area contributed by atoms with Crippen molar-refractivity contribution in [1.82, 2.24) is 0 Å². The first-order chi connectivity index (χ1) is 11.8. The summed E-state index contributed by atoms with van der Waals surface area (Å²) in [6.45, 7) is 2.95. The molecule has 0 unspecified atom stereocenters. The van der Waals surface area contributed by atoms with Gasteiger partial charge < -0.3 is 10.6 Å². The molecular weight excluding hydrogens is 340 g/mol. The van der Waals surface area contributed by atoms with Gasteiger partial charge in [-0.15, -0.1) is 0 Å². The third kappa shape index (κ3) is 5.72. The molecule has 0 radical (unpaired) electrons. The molecule has 0 aliphatic heterocycles. The number of carbonyl (C=O) groups excluding carboxylic acids is 2. The number of ketones is 2. The molecule has 132 valence electrons. The lowest BCUT2D eigenvalue weighted by Crippen LogP contribution is -2.22. The molecule has 0 amide bonds. The van der Waals surface area contributed by atoms with Crippen molar-refractivity contribution in [2.45, 2.75) is 13.8 Å². The van der Waals surface area contributed by atoms with Crippen LogP contribution in [0.25, 0.3) is 0 Å². The van der Waals surface area contributed by atoms with Crippen molar-refractivity contribution in [2.75, 3.05) is 22.4 Å². The van der Waals surface area contributed by atoms with Crippen LogP contribution in [0.1, 0.15) is 34.6 Å². The van der Waals surface area contributed by atoms with E-state index >= 15 is 0 Å². The fourth-order valence-electron chi connectivity index (χ4n) is 2.08. The lowest BCUT2D eigenvalue weighted by Gasteiger charge is -2.10. The standard InChI is InChI=1S/C18H20N2O4S/c1-13(21)15-3-7-17(8-4-15)19-11-25(23,24)12-20-18-9-5-16(6-10-18)14(2)22/h3-10,19-20H,11-12H2,1-2H3. The first-order valence-corrected chi connectivity index (χ1v) is 9.49. The lowest BCUT2D eigenvalue weighted by atomic mass is 10.1. The van der Waals surface area contributed by atoms with E-state index in [4.69, 9.17) is 0 Å². The summed E-state index contributed by atoms with van der Waals surface area (Å²) in [7, 11) is -3.39. The highest BCUT2D eigenvalue weighted by Gasteiger charge is 2.11. The van der Waals surface area contributed by atoms with Gasteiger partial charge in [-0.25, -0.2) is 8.42 Å². The highest BCUT2D eigenvalue weighted by Crippen LogP contribution is 2.12. The van der Waals surface area contributed by atoms with Gasteiger partial charge in [0.25, 0.3) is 0 Å². The van der Waals surface area contributed by atoms with Crippen LogP contribution in [0.4, 0.5) is 11.4 Å². The molecule has 0 atom stereocenters. The number of hydrogen-bond acceptors (Lipinski definition) is 6. The summed E-state index contributed by atoms with van der Waals surface area (Å²) in [4.78, 5) is 22.4. The zero-order chi connectivity index (χ0) is 18.4. The molecule has 0 aliphatic rings. The van der Waals surface area contributed by atoms with Gasteiger partial charge in [0.2, 0.25) is 0 Å². The number of Topliss-reactive ketones (excluding diaryl/α,β-unsaturated/α-hetero) is 2. The predicted octanol–water partition coefficient (Wildman–Crippen LogP) is 2.95. The maximum Gasteiger partial charge on any atom is 0.185 e. The predicted molar refractivity (Wildman–Crippen MR) is 98.8 cm³/mol. The first kappa shape index (κ1) is 18.7. The van der Waals surface area contributed by atoms with Crippen LogP contribution in [0.15, 0.2) is 48.5 Å². The third-order valence-electron chi connectivity index (χ3n) is 3.58. The van der Waals surface area contributed by atoms with Gasteiger partial charge >= 0.3 is 0 Å². The third-order valence-corrected chi connectivity index (χ3v) is 4.74. The molecule has 0 heterocycles. The minimum absolute atomic E-state index is 0.0424. The van der Waals surface area contributed by atoms with Crippen LogP contribution in [-0.4, -0.2) is 31.7 Å². The van der Waals surface area contributed by atoms with Crippen LogP contribution >= 0.6 is 0 Å². The Balaban J connectivity index is 1.88. The van der Waals surface area contributed by atoms with Crippen molar-refractivity contribution in [3.8, 4) is 0 Å². The Morgan fingerprint density at radius 2 is 1.04 bits per heavy atom. The molecule has 0 aliphatic carbocycles. The average molecular weight is 360 g/mol. The molecule has 0 saturated heterocycles. The first-order valence-electron chi connectivity index (χ1n) is 7.67. The topological polar surface area (TPSA) is 92.3 Å². The molecule has 25 heavy (non-hydrogen) atoms. The quantitative estimate of drug-likeness (QED) is 0.703. The summed E-state index contributed by atoms with van der Waals surface area (Å²) in [6, 6.07) is 13.2. The molecule has 6 nitrogen and oxygen atoms in total. The highest BCUT2D eigenvalue weighted by atomic mass is 32.2. The van der Waals surface area contributed by atoms with E-state index in [0.717, 1.165) is 0 Å². The molecule has 7 heteroatoms. The van der Waals surface area contributed by atoms with E-state index in [9.17, 15) is 18.0 Å². The number of hydrogen-bond donors (Lipinski definition) is 2. The number of anilines is 2. The van der Waals surface area contributed by atoms with Crippen LogP contribution in [0.5, 0.6) is 0 Å². The molecule has 0 spiro atoms. The summed E-state index contributed by atoms with van der Waals surface area (Å²) in [5.41, 5.74) is 2.40. The van der Waals surface area contributed by atoms with Crippen molar-refractivity contribution >= 4 is 32.8 Å². The maximum atomic E-state index is 12.1. The second-order valence-electron chi connectivity index (χ2n) is 5.65. The Labute approximate surface area is 147 Å². The average Bonchev–Trinajstić information content (AvgIpc) is 2.59. The molecule has 2 rings (SSSR count). The zero-order valence-electron chi connectivity index (χ0n) is 14.1. The Hall–Kier alpha value is -2.67. The van der Waals surface area contributed by atoms with Gasteiger partial charge in [-0.1, -0.05) is 0 Å². The van der Waals surface area contributed by atoms with Crippen molar-refractivity contribution in [1.29, 1.82) is 0 Å². The van der Waals surface area contributed by atoms with Crippen LogP contribution in [0, 0.1) is 0 Å². The van der Waals surface area contributed by atoms with E-state index < -0.39 is 9.84 Å². The van der Waals surface area contributed by atoms with Crippen molar-refractivity contribution in [3.05, 3.63) is 59.7 Å². The number of nitrogens with one attached hydrogen (secondary N) is 2. The van der Waals surface area contributed by atoms with Gasteiger partial charge in [0.15, 0.2) is 21.4 Å². The molecule has 2 aromatic carbocycles. The number of carbonyl (C=O) groups is 2. The fourth-order valence-corrected chi connectivity index (χ4v) is 2.96. The minimum Gasteiger partial charge on any atom is -0.372 e. The summed E-state index contributed by atoms with van der Waals surface area (Å²) < 4.78 is 24.2. The van der Waals surface area contributed by atoms with Crippen LogP contribution < -0.4 is 10.6 Å². The second kappa shape index (κ2) is 7.94. The second-order valence-corrected chi connectivity index (χ2v) is 7.72.